The number of nitrogens with zero attached hydrogens (tertiary/aromatic N) is 2. The molecule has 1 aliphatic rings. The normalized spacial score (nSPS) is 18.8. The van der Waals surface area contributed by atoms with Crippen molar-refractivity contribution in [3.05, 3.63) is 58.6 Å². The number of carbonyl (C=O) groups is 2. The molecule has 0 bridgehead atoms. The van der Waals surface area contributed by atoms with Crippen LogP contribution in [0.4, 0.5) is 10.5 Å². The molecule has 3 amide bonds. The molecular formula is C22H26ClN3O3. The van der Waals surface area contributed by atoms with E-state index in [2.05, 4.69) is 0 Å². The Kier molecular flexibility index (Phi) is 6.33. The van der Waals surface area contributed by atoms with Gasteiger partial charge in [0.25, 0.3) is 5.91 Å². The lowest BCUT2D eigenvalue weighted by Crippen LogP contribution is -2.53. The van der Waals surface area contributed by atoms with Gasteiger partial charge in [-0.2, -0.15) is 0 Å². The van der Waals surface area contributed by atoms with Crippen molar-refractivity contribution in [3.63, 3.8) is 0 Å². The van der Waals surface area contributed by atoms with Gasteiger partial charge in [0, 0.05) is 12.2 Å². The maximum absolute atomic E-state index is 13.7. The largest absolute Gasteiger partial charge is 0.494 e. The topological polar surface area (TPSA) is 75.9 Å². The van der Waals surface area contributed by atoms with Crippen molar-refractivity contribution in [2.24, 2.45) is 5.73 Å². The summed E-state index contributed by atoms with van der Waals surface area (Å²) >= 11 is 6.44. The summed E-state index contributed by atoms with van der Waals surface area (Å²) in [5.41, 5.74) is 7.68. The first-order valence-electron chi connectivity index (χ1n) is 9.78. The summed E-state index contributed by atoms with van der Waals surface area (Å²) in [4.78, 5) is 29.1. The van der Waals surface area contributed by atoms with E-state index < -0.39 is 6.03 Å². The molecule has 1 aliphatic heterocycles. The molecule has 2 aromatic carbocycles. The van der Waals surface area contributed by atoms with Gasteiger partial charge in [-0.25, -0.2) is 4.79 Å². The van der Waals surface area contributed by atoms with Crippen LogP contribution in [0.5, 0.6) is 5.75 Å². The van der Waals surface area contributed by atoms with E-state index in [1.54, 1.807) is 28.0 Å². The highest BCUT2D eigenvalue weighted by Gasteiger charge is 2.38. The number of anilines is 1. The number of primary amides is 1. The molecule has 3 rings (SSSR count). The van der Waals surface area contributed by atoms with Crippen molar-refractivity contribution in [1.82, 2.24) is 4.90 Å². The molecule has 1 unspecified atom stereocenters. The molecule has 2 aromatic rings. The summed E-state index contributed by atoms with van der Waals surface area (Å²) in [5.74, 6) is 0.404. The molecule has 2 N–H and O–H groups in total. The quantitative estimate of drug-likeness (QED) is 0.801. The summed E-state index contributed by atoms with van der Waals surface area (Å²) in [6.07, 6.45) is 0.652. The molecule has 0 fully saturated rings. The number of ether oxygens (including phenoxy) is 1. The van der Waals surface area contributed by atoms with Crippen molar-refractivity contribution in [1.29, 1.82) is 0 Å². The lowest BCUT2D eigenvalue weighted by atomic mass is 10.0. The molecule has 0 spiro atoms. The van der Waals surface area contributed by atoms with E-state index in [0.717, 1.165) is 11.3 Å². The van der Waals surface area contributed by atoms with Crippen LogP contribution in [0.3, 0.4) is 0 Å². The lowest BCUT2D eigenvalue weighted by Gasteiger charge is -2.36. The van der Waals surface area contributed by atoms with Gasteiger partial charge in [0.05, 0.1) is 29.3 Å². The standard InChI is InChI=1S/C22H26ClN3O3/c1-4-19-14(3)25(22(24)28)13-15-8-6-7-9-20(15)26(19)21(27)17-11-10-16(29-5-2)12-18(17)23/h6-12,14,19H,4-5,13H2,1-3H3,(H2,24,28)/t14?,19-/m1/s1. The Bertz CT molecular complexity index is 918. The molecule has 6 nitrogen and oxygen atoms in total. The lowest BCUT2D eigenvalue weighted by molar-refractivity contribution is 0.0959. The third kappa shape index (κ3) is 4.03. The zero-order chi connectivity index (χ0) is 21.1. The number of benzene rings is 2. The molecule has 1 heterocycles. The number of nitrogens with two attached hydrogens (primary N) is 1. The average molecular weight is 416 g/mol. The van der Waals surface area contributed by atoms with Crippen LogP contribution in [0.2, 0.25) is 5.02 Å². The van der Waals surface area contributed by atoms with Crippen LogP contribution >= 0.6 is 11.6 Å². The Morgan fingerprint density at radius 1 is 1.21 bits per heavy atom. The monoisotopic (exact) mass is 415 g/mol. The van der Waals surface area contributed by atoms with Gasteiger partial charge in [0.2, 0.25) is 0 Å². The van der Waals surface area contributed by atoms with Crippen LogP contribution < -0.4 is 15.4 Å². The zero-order valence-corrected chi connectivity index (χ0v) is 17.6. The summed E-state index contributed by atoms with van der Waals surface area (Å²) in [6, 6.07) is 11.7. The first kappa shape index (κ1) is 21.0. The third-order valence-corrected chi connectivity index (χ3v) is 5.69. The SMILES string of the molecule is CCOc1ccc(C(=O)N2c3ccccc3CN(C(N)=O)C(C)[C@H]2CC)c(Cl)c1. The van der Waals surface area contributed by atoms with Crippen LogP contribution in [0, 0.1) is 0 Å². The number of halogens is 1. The summed E-state index contributed by atoms with van der Waals surface area (Å²) in [5, 5.41) is 0.331. The predicted octanol–water partition coefficient (Wildman–Crippen LogP) is 4.45. The van der Waals surface area contributed by atoms with Crippen molar-refractivity contribution >= 4 is 29.2 Å². The van der Waals surface area contributed by atoms with E-state index in [9.17, 15) is 9.59 Å². The number of amides is 3. The Labute approximate surface area is 176 Å². The Morgan fingerprint density at radius 2 is 1.93 bits per heavy atom. The Morgan fingerprint density at radius 3 is 2.55 bits per heavy atom. The Hall–Kier alpha value is -2.73. The van der Waals surface area contributed by atoms with Gasteiger partial charge in [0.15, 0.2) is 0 Å². The van der Waals surface area contributed by atoms with Crippen LogP contribution in [-0.4, -0.2) is 35.5 Å². The molecule has 154 valence electrons. The number of rotatable bonds is 4. The Balaban J connectivity index is 2.10. The van der Waals surface area contributed by atoms with Gasteiger partial charge < -0.3 is 20.3 Å². The van der Waals surface area contributed by atoms with E-state index in [4.69, 9.17) is 22.1 Å². The van der Waals surface area contributed by atoms with E-state index >= 15 is 0 Å². The molecule has 7 heteroatoms. The first-order valence-corrected chi connectivity index (χ1v) is 10.2. The van der Waals surface area contributed by atoms with Crippen molar-refractivity contribution in [2.45, 2.75) is 45.8 Å². The maximum atomic E-state index is 13.7. The van der Waals surface area contributed by atoms with Gasteiger partial charge in [-0.05, 0) is 50.1 Å². The molecule has 0 aliphatic carbocycles. The highest BCUT2D eigenvalue weighted by atomic mass is 35.5. The second-order valence-electron chi connectivity index (χ2n) is 7.06. The minimum atomic E-state index is -0.501. The van der Waals surface area contributed by atoms with Crippen LogP contribution in [0.15, 0.2) is 42.5 Å². The number of para-hydroxylation sites is 1. The number of urea groups is 1. The maximum Gasteiger partial charge on any atom is 0.315 e. The smallest absolute Gasteiger partial charge is 0.315 e. The highest BCUT2D eigenvalue weighted by molar-refractivity contribution is 6.34. The molecule has 2 atom stereocenters. The van der Waals surface area contributed by atoms with Gasteiger partial charge in [-0.3, -0.25) is 4.79 Å². The zero-order valence-electron chi connectivity index (χ0n) is 16.9. The van der Waals surface area contributed by atoms with Gasteiger partial charge in [0.1, 0.15) is 5.75 Å². The first-order chi connectivity index (χ1) is 13.9. The molecule has 0 saturated carbocycles. The minimum Gasteiger partial charge on any atom is -0.494 e. The number of fused-ring (bicyclic) bond motifs is 1. The predicted molar refractivity (Wildman–Crippen MR) is 115 cm³/mol. The van der Waals surface area contributed by atoms with Crippen molar-refractivity contribution in [3.8, 4) is 5.75 Å². The fraction of sp³-hybridized carbons (Fsp3) is 0.364. The molecule has 0 saturated heterocycles. The molecule has 29 heavy (non-hydrogen) atoms. The summed E-state index contributed by atoms with van der Waals surface area (Å²) < 4.78 is 5.48. The fourth-order valence-electron chi connectivity index (χ4n) is 3.93. The van der Waals surface area contributed by atoms with Gasteiger partial charge in [-0.1, -0.05) is 36.7 Å². The number of hydrogen-bond acceptors (Lipinski definition) is 3. The average Bonchev–Trinajstić information content (AvgIpc) is 2.82. The number of carbonyl (C=O) groups excluding carboxylic acids is 2. The second kappa shape index (κ2) is 8.74. The van der Waals surface area contributed by atoms with Gasteiger partial charge >= 0.3 is 6.03 Å². The van der Waals surface area contributed by atoms with E-state index in [1.165, 1.54) is 0 Å². The molecule has 0 aromatic heterocycles. The minimum absolute atomic E-state index is 0.212. The second-order valence-corrected chi connectivity index (χ2v) is 7.47. The fourth-order valence-corrected chi connectivity index (χ4v) is 4.18. The van der Waals surface area contributed by atoms with E-state index in [0.29, 0.717) is 35.9 Å². The highest BCUT2D eigenvalue weighted by Crippen LogP contribution is 2.34. The third-order valence-electron chi connectivity index (χ3n) is 5.37. The van der Waals surface area contributed by atoms with Crippen LogP contribution in [0.1, 0.15) is 43.1 Å². The molecule has 0 radical (unpaired) electrons. The van der Waals surface area contributed by atoms with Crippen molar-refractivity contribution in [2.75, 3.05) is 11.5 Å². The summed E-state index contributed by atoms with van der Waals surface area (Å²) in [7, 11) is 0. The van der Waals surface area contributed by atoms with Crippen LogP contribution in [0.25, 0.3) is 0 Å². The van der Waals surface area contributed by atoms with E-state index in [-0.39, 0.29) is 18.0 Å². The number of hydrogen-bond donors (Lipinski definition) is 1. The van der Waals surface area contributed by atoms with E-state index in [1.807, 2.05) is 45.0 Å². The summed E-state index contributed by atoms with van der Waals surface area (Å²) in [6.45, 7) is 6.67. The van der Waals surface area contributed by atoms with Crippen molar-refractivity contribution < 1.29 is 14.3 Å². The van der Waals surface area contributed by atoms with Crippen LogP contribution in [-0.2, 0) is 6.54 Å². The molecular weight excluding hydrogens is 390 g/mol. The van der Waals surface area contributed by atoms with Gasteiger partial charge in [-0.15, -0.1) is 0 Å².